The van der Waals surface area contributed by atoms with Crippen molar-refractivity contribution in [2.24, 2.45) is 0 Å². The van der Waals surface area contributed by atoms with Crippen molar-refractivity contribution in [1.29, 1.82) is 0 Å². The van der Waals surface area contributed by atoms with Crippen molar-refractivity contribution in [3.8, 4) is 0 Å². The Balaban J connectivity index is 1.93. The Kier molecular flexibility index (Phi) is 6.57. The van der Waals surface area contributed by atoms with Gasteiger partial charge in [0.05, 0.1) is 11.4 Å². The van der Waals surface area contributed by atoms with Crippen LogP contribution in [0.3, 0.4) is 0 Å². The minimum Gasteiger partial charge on any atom is -0.351 e. The Morgan fingerprint density at radius 1 is 1.23 bits per heavy atom. The van der Waals surface area contributed by atoms with Gasteiger partial charge in [0.1, 0.15) is 17.2 Å². The lowest BCUT2D eigenvalue weighted by Crippen LogP contribution is -2.27. The predicted octanol–water partition coefficient (Wildman–Crippen LogP) is 4.60. The summed E-state index contributed by atoms with van der Waals surface area (Å²) in [5, 5.41) is 8.26. The number of nitrogens with zero attached hydrogens (tertiary/aromatic N) is 2. The van der Waals surface area contributed by atoms with E-state index in [1.54, 1.807) is 25.1 Å². The van der Waals surface area contributed by atoms with Gasteiger partial charge in [-0.2, -0.15) is 18.2 Å². The maximum atomic E-state index is 13.6. The Bertz CT molecular complexity index is 997. The van der Waals surface area contributed by atoms with E-state index < -0.39 is 23.5 Å². The highest BCUT2D eigenvalue weighted by Crippen LogP contribution is 2.36. The van der Waals surface area contributed by atoms with Gasteiger partial charge in [-0.1, -0.05) is 12.6 Å². The number of aryl methyl sites for hydroxylation is 1. The summed E-state index contributed by atoms with van der Waals surface area (Å²) in [6.45, 7) is 5.15. The van der Waals surface area contributed by atoms with Crippen molar-refractivity contribution < 1.29 is 22.8 Å². The molecule has 1 aromatic carbocycles. The molecule has 0 saturated heterocycles. The molecule has 3 rings (SSSR count). The summed E-state index contributed by atoms with van der Waals surface area (Å²) in [6, 6.07) is 4.79. The van der Waals surface area contributed by atoms with Crippen molar-refractivity contribution in [2.75, 3.05) is 16.0 Å². The van der Waals surface area contributed by atoms with Crippen molar-refractivity contribution in [2.45, 2.75) is 44.8 Å². The SMILES string of the molecule is C=CC(=O)Nc1ccc(C)cc1Nc1nc(NC2CCC(=O)CC2)ncc1C(F)(F)F. The average molecular weight is 433 g/mol. The number of hydrogen-bond acceptors (Lipinski definition) is 6. The topological polar surface area (TPSA) is 96.0 Å². The number of ketones is 1. The van der Waals surface area contributed by atoms with Crippen LogP contribution in [0.5, 0.6) is 0 Å². The third-order valence-corrected chi connectivity index (χ3v) is 4.84. The molecule has 2 aromatic rings. The molecule has 0 spiro atoms. The lowest BCUT2D eigenvalue weighted by molar-refractivity contribution is -0.137. The first-order valence-corrected chi connectivity index (χ1v) is 9.69. The molecule has 0 unspecified atom stereocenters. The zero-order valence-electron chi connectivity index (χ0n) is 16.8. The number of Topliss-reactive ketones (excluding diaryl/α,β-unsaturated/α-hetero) is 1. The fraction of sp³-hybridized carbons (Fsp3) is 0.333. The molecule has 1 aliphatic rings. The van der Waals surface area contributed by atoms with Crippen LogP contribution in [0.1, 0.15) is 36.8 Å². The van der Waals surface area contributed by atoms with E-state index in [9.17, 15) is 22.8 Å². The monoisotopic (exact) mass is 433 g/mol. The highest BCUT2D eigenvalue weighted by atomic mass is 19.4. The number of benzene rings is 1. The third kappa shape index (κ3) is 5.80. The normalized spacial score (nSPS) is 14.8. The van der Waals surface area contributed by atoms with Gasteiger partial charge in [-0.15, -0.1) is 0 Å². The Morgan fingerprint density at radius 2 is 1.94 bits per heavy atom. The molecule has 7 nitrogen and oxygen atoms in total. The lowest BCUT2D eigenvalue weighted by Gasteiger charge is -2.23. The number of halogens is 3. The number of hydrogen-bond donors (Lipinski definition) is 3. The van der Waals surface area contributed by atoms with E-state index in [-0.39, 0.29) is 29.1 Å². The second kappa shape index (κ2) is 9.15. The lowest BCUT2D eigenvalue weighted by atomic mass is 9.94. The molecule has 3 N–H and O–H groups in total. The van der Waals surface area contributed by atoms with E-state index in [4.69, 9.17) is 0 Å². The summed E-state index contributed by atoms with van der Waals surface area (Å²) < 4.78 is 40.7. The van der Waals surface area contributed by atoms with Gasteiger partial charge >= 0.3 is 6.18 Å². The molecule has 0 atom stereocenters. The summed E-state index contributed by atoms with van der Waals surface area (Å²) in [5.41, 5.74) is 0.252. The number of rotatable bonds is 6. The van der Waals surface area contributed by atoms with E-state index in [0.29, 0.717) is 31.9 Å². The zero-order chi connectivity index (χ0) is 22.6. The minimum absolute atomic E-state index is 0.0270. The van der Waals surface area contributed by atoms with Crippen LogP contribution in [0.25, 0.3) is 0 Å². The van der Waals surface area contributed by atoms with Crippen LogP contribution >= 0.6 is 0 Å². The van der Waals surface area contributed by atoms with Crippen molar-refractivity contribution >= 4 is 34.8 Å². The smallest absolute Gasteiger partial charge is 0.351 e. The largest absolute Gasteiger partial charge is 0.421 e. The van der Waals surface area contributed by atoms with E-state index in [1.165, 1.54) is 0 Å². The molecule has 0 bridgehead atoms. The van der Waals surface area contributed by atoms with Gasteiger partial charge in [0.25, 0.3) is 0 Å². The molecule has 1 heterocycles. The number of carbonyl (C=O) groups excluding carboxylic acids is 2. The van der Waals surface area contributed by atoms with Crippen LogP contribution in [0, 0.1) is 6.92 Å². The molecule has 164 valence electrons. The number of carbonyl (C=O) groups is 2. The second-order valence-corrected chi connectivity index (χ2v) is 7.28. The van der Waals surface area contributed by atoms with E-state index in [0.717, 1.165) is 11.6 Å². The van der Waals surface area contributed by atoms with Gasteiger partial charge in [0.2, 0.25) is 11.9 Å². The van der Waals surface area contributed by atoms with Crippen LogP contribution in [-0.2, 0) is 15.8 Å². The van der Waals surface area contributed by atoms with E-state index in [2.05, 4.69) is 32.5 Å². The number of alkyl halides is 3. The fourth-order valence-electron chi connectivity index (χ4n) is 3.20. The van der Waals surface area contributed by atoms with Gasteiger partial charge in [0, 0.05) is 25.1 Å². The number of nitrogens with one attached hydrogen (secondary N) is 3. The summed E-state index contributed by atoms with van der Waals surface area (Å²) in [4.78, 5) is 31.0. The maximum Gasteiger partial charge on any atom is 0.421 e. The number of anilines is 4. The molecule has 10 heteroatoms. The average Bonchev–Trinajstić information content (AvgIpc) is 2.71. The highest BCUT2D eigenvalue weighted by molar-refractivity contribution is 6.01. The molecule has 31 heavy (non-hydrogen) atoms. The van der Waals surface area contributed by atoms with Gasteiger partial charge in [-0.25, -0.2) is 4.98 Å². The van der Waals surface area contributed by atoms with Crippen LogP contribution in [-0.4, -0.2) is 27.7 Å². The molecule has 1 aliphatic carbocycles. The van der Waals surface area contributed by atoms with Crippen molar-refractivity contribution in [3.05, 3.63) is 48.2 Å². The Labute approximate surface area is 177 Å². The minimum atomic E-state index is -4.69. The van der Waals surface area contributed by atoms with Gasteiger partial charge in [-0.3, -0.25) is 9.59 Å². The first kappa shape index (κ1) is 22.3. The standard InChI is InChI=1S/C21H22F3N5O2/c1-3-18(31)27-16-9-4-12(2)10-17(16)28-19-15(21(22,23)24)11-25-20(29-19)26-13-5-7-14(30)8-6-13/h3-4,9-11,13H,1,5-8H2,2H3,(H,27,31)(H2,25,26,28,29). The van der Waals surface area contributed by atoms with Crippen LogP contribution < -0.4 is 16.0 Å². The predicted molar refractivity (Wildman–Crippen MR) is 111 cm³/mol. The Morgan fingerprint density at radius 3 is 2.58 bits per heavy atom. The zero-order valence-corrected chi connectivity index (χ0v) is 16.8. The van der Waals surface area contributed by atoms with Crippen LogP contribution in [0.4, 0.5) is 36.3 Å². The molecular formula is C21H22F3N5O2. The second-order valence-electron chi connectivity index (χ2n) is 7.28. The molecule has 1 amide bonds. The van der Waals surface area contributed by atoms with Crippen LogP contribution in [0.2, 0.25) is 0 Å². The summed E-state index contributed by atoms with van der Waals surface area (Å²) in [5.74, 6) is -0.752. The Hall–Kier alpha value is -3.43. The maximum absolute atomic E-state index is 13.6. The molecule has 0 aliphatic heterocycles. The van der Waals surface area contributed by atoms with Gasteiger partial charge in [-0.05, 0) is 43.5 Å². The van der Waals surface area contributed by atoms with Crippen LogP contribution in [0.15, 0.2) is 37.1 Å². The number of aromatic nitrogens is 2. The molecule has 1 saturated carbocycles. The summed E-state index contributed by atoms with van der Waals surface area (Å²) in [6.07, 6.45) is -0.941. The van der Waals surface area contributed by atoms with Gasteiger partial charge < -0.3 is 16.0 Å². The summed E-state index contributed by atoms with van der Waals surface area (Å²) in [7, 11) is 0. The first-order chi connectivity index (χ1) is 14.7. The number of amides is 1. The highest BCUT2D eigenvalue weighted by Gasteiger charge is 2.35. The quantitative estimate of drug-likeness (QED) is 0.577. The first-order valence-electron chi connectivity index (χ1n) is 9.69. The fourth-order valence-corrected chi connectivity index (χ4v) is 3.20. The van der Waals surface area contributed by atoms with Gasteiger partial charge in [0.15, 0.2) is 0 Å². The summed E-state index contributed by atoms with van der Waals surface area (Å²) >= 11 is 0. The molecule has 0 radical (unpaired) electrons. The van der Waals surface area contributed by atoms with Crippen molar-refractivity contribution in [3.63, 3.8) is 0 Å². The van der Waals surface area contributed by atoms with E-state index >= 15 is 0 Å². The van der Waals surface area contributed by atoms with Crippen molar-refractivity contribution in [1.82, 2.24) is 9.97 Å². The third-order valence-electron chi connectivity index (χ3n) is 4.84. The molecular weight excluding hydrogens is 411 g/mol. The molecule has 1 fully saturated rings. The van der Waals surface area contributed by atoms with E-state index in [1.807, 2.05) is 0 Å². The molecule has 1 aromatic heterocycles.